The fraction of sp³-hybridized carbons (Fsp3) is 0.458. The Morgan fingerprint density at radius 1 is 1.08 bits per heavy atom. The van der Waals surface area contributed by atoms with Crippen molar-refractivity contribution < 1.29 is 23.0 Å². The smallest absolute Gasteiger partial charge is 0.227 e. The lowest BCUT2D eigenvalue weighted by atomic mass is 10.1. The van der Waals surface area contributed by atoms with Crippen LogP contribution in [0.3, 0.4) is 0 Å². The number of halogens is 2. The molecule has 0 spiro atoms. The molecular formula is C24H33F2N7O3. The normalized spacial score (nSPS) is 15.3. The van der Waals surface area contributed by atoms with Crippen molar-refractivity contribution in [1.82, 2.24) is 19.8 Å². The van der Waals surface area contributed by atoms with Crippen LogP contribution in [0.15, 0.2) is 35.3 Å². The molecule has 0 saturated carbocycles. The number of aliphatic imine (C=N–C) groups is 1. The van der Waals surface area contributed by atoms with Crippen molar-refractivity contribution in [2.24, 2.45) is 10.7 Å². The van der Waals surface area contributed by atoms with E-state index >= 15 is 0 Å². The van der Waals surface area contributed by atoms with Gasteiger partial charge in [0, 0.05) is 51.2 Å². The van der Waals surface area contributed by atoms with Crippen LogP contribution in [0, 0.1) is 11.6 Å². The Morgan fingerprint density at radius 2 is 1.69 bits per heavy atom. The summed E-state index contributed by atoms with van der Waals surface area (Å²) in [6, 6.07) is 1.14. The topological polar surface area (TPSA) is 110 Å². The Morgan fingerprint density at radius 3 is 2.25 bits per heavy atom. The number of nitrogens with one attached hydrogen (secondary N) is 1. The van der Waals surface area contributed by atoms with E-state index in [1.165, 1.54) is 32.8 Å². The number of allylic oxidation sites excluding steroid dienone is 1. The van der Waals surface area contributed by atoms with Crippen molar-refractivity contribution in [3.63, 3.8) is 0 Å². The summed E-state index contributed by atoms with van der Waals surface area (Å²) in [6.45, 7) is 8.68. The molecule has 12 heteroatoms. The zero-order valence-electron chi connectivity index (χ0n) is 20.8. The molecule has 1 fully saturated rings. The first-order valence-electron chi connectivity index (χ1n) is 11.7. The molecule has 0 unspecified atom stereocenters. The average molecular weight is 506 g/mol. The first kappa shape index (κ1) is 27.1. The van der Waals surface area contributed by atoms with Crippen LogP contribution < -0.4 is 25.3 Å². The van der Waals surface area contributed by atoms with Gasteiger partial charge in [0.25, 0.3) is 0 Å². The van der Waals surface area contributed by atoms with Crippen LogP contribution in [0.2, 0.25) is 0 Å². The minimum atomic E-state index is -0.866. The number of aromatic nitrogens is 2. The Kier molecular flexibility index (Phi) is 10.2. The number of ether oxygens (including phenoxy) is 3. The van der Waals surface area contributed by atoms with Crippen molar-refractivity contribution >= 4 is 12.2 Å². The molecule has 36 heavy (non-hydrogen) atoms. The third-order valence-corrected chi connectivity index (χ3v) is 5.80. The number of nitrogens with two attached hydrogens (primary N) is 1. The van der Waals surface area contributed by atoms with Gasteiger partial charge in [-0.15, -0.1) is 0 Å². The number of likely N-dealkylation sites (N-methyl/N-ethyl adjacent to an activating group) is 1. The fourth-order valence-corrected chi connectivity index (χ4v) is 3.61. The zero-order chi connectivity index (χ0) is 25.9. The van der Waals surface area contributed by atoms with Gasteiger partial charge < -0.3 is 30.2 Å². The van der Waals surface area contributed by atoms with Gasteiger partial charge in [-0.1, -0.05) is 6.92 Å². The van der Waals surface area contributed by atoms with Crippen molar-refractivity contribution in [1.29, 1.82) is 0 Å². The second-order valence-corrected chi connectivity index (χ2v) is 7.98. The van der Waals surface area contributed by atoms with Crippen LogP contribution in [-0.2, 0) is 6.61 Å². The first-order valence-corrected chi connectivity index (χ1v) is 11.7. The zero-order valence-corrected chi connectivity index (χ0v) is 20.8. The molecule has 1 saturated heterocycles. The lowest BCUT2D eigenvalue weighted by Crippen LogP contribution is -2.46. The summed E-state index contributed by atoms with van der Waals surface area (Å²) in [6.07, 6.45) is 5.77. The van der Waals surface area contributed by atoms with E-state index in [2.05, 4.69) is 37.0 Å². The largest absolute Gasteiger partial charge is 0.494 e. The van der Waals surface area contributed by atoms with Crippen LogP contribution >= 0.6 is 0 Å². The molecule has 0 radical (unpaired) electrons. The van der Waals surface area contributed by atoms with E-state index in [0.29, 0.717) is 12.2 Å². The third-order valence-electron chi connectivity index (χ3n) is 5.80. The number of piperazine rings is 1. The Bertz CT molecular complexity index is 1010. The monoisotopic (exact) mass is 505 g/mol. The van der Waals surface area contributed by atoms with E-state index in [0.717, 1.165) is 45.3 Å². The van der Waals surface area contributed by atoms with Crippen LogP contribution in [0.5, 0.6) is 17.2 Å². The summed E-state index contributed by atoms with van der Waals surface area (Å²) in [5.74, 6) is -1.54. The van der Waals surface area contributed by atoms with E-state index in [1.54, 1.807) is 6.21 Å². The van der Waals surface area contributed by atoms with Crippen molar-refractivity contribution in [3.8, 4) is 17.2 Å². The van der Waals surface area contributed by atoms with Crippen LogP contribution in [-0.4, -0.2) is 86.0 Å². The lowest BCUT2D eigenvalue weighted by molar-refractivity contribution is 0.140. The highest BCUT2D eigenvalue weighted by Crippen LogP contribution is 2.31. The predicted octanol–water partition coefficient (Wildman–Crippen LogP) is 2.27. The molecule has 1 aromatic heterocycles. The number of benzene rings is 1. The summed E-state index contributed by atoms with van der Waals surface area (Å²) in [4.78, 5) is 17.6. The Balaban J connectivity index is 1.50. The predicted molar refractivity (Wildman–Crippen MR) is 134 cm³/mol. The molecule has 1 aliphatic rings. The minimum Gasteiger partial charge on any atom is -0.494 e. The van der Waals surface area contributed by atoms with Gasteiger partial charge in [0.1, 0.15) is 6.61 Å². The van der Waals surface area contributed by atoms with E-state index in [9.17, 15) is 8.78 Å². The maximum atomic E-state index is 14.5. The highest BCUT2D eigenvalue weighted by Gasteiger charge is 2.20. The second kappa shape index (κ2) is 13.5. The van der Waals surface area contributed by atoms with Gasteiger partial charge in [-0.05, 0) is 6.54 Å². The van der Waals surface area contributed by atoms with Gasteiger partial charge >= 0.3 is 0 Å². The SMILES string of the molecule is CCN1CCN(CCN=C/C(=C\N)Nc2ncc(OCc3c(F)c(OC)cc(OC)c3F)cn2)CC1. The van der Waals surface area contributed by atoms with Gasteiger partial charge in [0.05, 0.1) is 44.4 Å². The molecule has 3 rings (SSSR count). The quantitative estimate of drug-likeness (QED) is 0.420. The highest BCUT2D eigenvalue weighted by molar-refractivity contribution is 5.81. The average Bonchev–Trinajstić information content (AvgIpc) is 2.91. The molecule has 1 aliphatic heterocycles. The molecule has 2 heterocycles. The number of rotatable bonds is 12. The number of hydrogen-bond donors (Lipinski definition) is 2. The Hall–Kier alpha value is -3.51. The number of nitrogens with zero attached hydrogens (tertiary/aromatic N) is 5. The summed E-state index contributed by atoms with van der Waals surface area (Å²) in [5.41, 5.74) is 5.90. The van der Waals surface area contributed by atoms with Gasteiger partial charge in [-0.25, -0.2) is 18.7 Å². The number of methoxy groups -OCH3 is 2. The van der Waals surface area contributed by atoms with Crippen molar-refractivity contribution in [3.05, 3.63) is 47.6 Å². The van der Waals surface area contributed by atoms with E-state index in [4.69, 9.17) is 19.9 Å². The minimum absolute atomic E-state index is 0.149. The maximum absolute atomic E-state index is 14.5. The summed E-state index contributed by atoms with van der Waals surface area (Å²) in [5, 5.41) is 2.97. The first-order chi connectivity index (χ1) is 17.5. The summed E-state index contributed by atoms with van der Waals surface area (Å²) in [7, 11) is 2.56. The standard InChI is InChI=1S/C24H33F2N7O3/c1-4-32-7-9-33(10-8-32)6-5-28-13-17(12-27)31-24-29-14-18(15-30-24)36-16-19-22(25)20(34-2)11-21(35-3)23(19)26/h11-15H,4-10,16,27H2,1-3H3,(H,29,30,31)/b17-12+,28-13?. The van der Waals surface area contributed by atoms with E-state index in [1.807, 2.05) is 0 Å². The highest BCUT2D eigenvalue weighted by atomic mass is 19.1. The molecule has 0 amide bonds. The molecule has 10 nitrogen and oxygen atoms in total. The third kappa shape index (κ3) is 7.25. The summed E-state index contributed by atoms with van der Waals surface area (Å²) < 4.78 is 44.3. The molecular weight excluding hydrogens is 472 g/mol. The van der Waals surface area contributed by atoms with E-state index < -0.39 is 18.2 Å². The van der Waals surface area contributed by atoms with Crippen molar-refractivity contribution in [2.75, 3.05) is 65.3 Å². The number of hydrogen-bond acceptors (Lipinski definition) is 10. The second-order valence-electron chi connectivity index (χ2n) is 7.98. The molecule has 196 valence electrons. The van der Waals surface area contributed by atoms with Gasteiger partial charge in [0.15, 0.2) is 28.9 Å². The van der Waals surface area contributed by atoms with Gasteiger partial charge in [-0.3, -0.25) is 9.89 Å². The van der Waals surface area contributed by atoms with Gasteiger partial charge in [0.2, 0.25) is 5.95 Å². The lowest BCUT2D eigenvalue weighted by Gasteiger charge is -2.33. The molecule has 0 bridgehead atoms. The van der Waals surface area contributed by atoms with E-state index in [-0.39, 0.29) is 28.8 Å². The molecule has 1 aromatic carbocycles. The molecule has 0 aliphatic carbocycles. The molecule has 2 aromatic rings. The maximum Gasteiger partial charge on any atom is 0.227 e. The van der Waals surface area contributed by atoms with Gasteiger partial charge in [-0.2, -0.15) is 0 Å². The fourth-order valence-electron chi connectivity index (χ4n) is 3.61. The number of anilines is 1. The Labute approximate surface area is 209 Å². The van der Waals surface area contributed by atoms with Crippen molar-refractivity contribution in [2.45, 2.75) is 13.5 Å². The van der Waals surface area contributed by atoms with Crippen LogP contribution in [0.25, 0.3) is 0 Å². The summed E-state index contributed by atoms with van der Waals surface area (Å²) >= 11 is 0. The molecule has 0 atom stereocenters. The van der Waals surface area contributed by atoms with Crippen LogP contribution in [0.1, 0.15) is 12.5 Å². The van der Waals surface area contributed by atoms with Crippen LogP contribution in [0.4, 0.5) is 14.7 Å². The molecule has 3 N–H and O–H groups in total.